The van der Waals surface area contributed by atoms with Gasteiger partial charge in [0.05, 0.1) is 0 Å². The third-order valence-electron chi connectivity index (χ3n) is 3.60. The minimum atomic E-state index is 0.533. The molecular weight excluding hydrogens is 222 g/mol. The molecule has 1 fully saturated rings. The quantitative estimate of drug-likeness (QED) is 0.796. The van der Waals surface area contributed by atoms with Gasteiger partial charge in [0.2, 0.25) is 0 Å². The molecule has 1 saturated carbocycles. The molecule has 0 amide bonds. The highest BCUT2D eigenvalue weighted by molar-refractivity contribution is 5.35. The third-order valence-corrected chi connectivity index (χ3v) is 3.60. The lowest BCUT2D eigenvalue weighted by Gasteiger charge is -2.19. The van der Waals surface area contributed by atoms with Crippen LogP contribution >= 0.6 is 0 Å². The summed E-state index contributed by atoms with van der Waals surface area (Å²) in [6.07, 6.45) is 3.90. The van der Waals surface area contributed by atoms with Crippen LogP contribution in [-0.4, -0.2) is 19.2 Å². The predicted octanol–water partition coefficient (Wildman–Crippen LogP) is 3.46. The number of rotatable bonds is 7. The highest BCUT2D eigenvalue weighted by atomic mass is 16.5. The minimum Gasteiger partial charge on any atom is -0.492 e. The van der Waals surface area contributed by atoms with Crippen LogP contribution in [0.4, 0.5) is 0 Å². The van der Waals surface area contributed by atoms with E-state index in [2.05, 4.69) is 44.3 Å². The van der Waals surface area contributed by atoms with Crippen molar-refractivity contribution in [2.45, 2.75) is 46.1 Å². The van der Waals surface area contributed by atoms with Crippen molar-refractivity contribution in [3.63, 3.8) is 0 Å². The Kier molecular flexibility index (Phi) is 4.65. The highest BCUT2D eigenvalue weighted by Gasteiger charge is 2.31. The molecule has 100 valence electrons. The van der Waals surface area contributed by atoms with Crippen molar-refractivity contribution < 1.29 is 4.74 Å². The first kappa shape index (κ1) is 13.4. The average Bonchev–Trinajstić information content (AvgIpc) is 3.15. The Morgan fingerprint density at radius 1 is 1.33 bits per heavy atom. The summed E-state index contributed by atoms with van der Waals surface area (Å²) in [7, 11) is 0. The maximum absolute atomic E-state index is 5.99. The largest absolute Gasteiger partial charge is 0.492 e. The van der Waals surface area contributed by atoms with Crippen molar-refractivity contribution in [2.24, 2.45) is 5.92 Å². The van der Waals surface area contributed by atoms with E-state index in [0.29, 0.717) is 6.04 Å². The molecule has 1 atom stereocenters. The van der Waals surface area contributed by atoms with Crippen LogP contribution in [0.2, 0.25) is 0 Å². The van der Waals surface area contributed by atoms with Gasteiger partial charge in [0.25, 0.3) is 0 Å². The fourth-order valence-electron chi connectivity index (χ4n) is 2.33. The standard InChI is InChI=1S/C16H25NO/c1-4-9-17-15(14-6-7-14)11-18-16-8-5-12(2)10-13(16)3/h5,8,10,14-15,17H,4,6-7,9,11H2,1-3H3. The van der Waals surface area contributed by atoms with E-state index in [-0.39, 0.29) is 0 Å². The summed E-state index contributed by atoms with van der Waals surface area (Å²) >= 11 is 0. The molecule has 0 saturated heterocycles. The van der Waals surface area contributed by atoms with Gasteiger partial charge in [-0.2, -0.15) is 0 Å². The van der Waals surface area contributed by atoms with Gasteiger partial charge in [-0.3, -0.25) is 0 Å². The van der Waals surface area contributed by atoms with Crippen LogP contribution in [0.15, 0.2) is 18.2 Å². The normalized spacial score (nSPS) is 16.6. The van der Waals surface area contributed by atoms with Crippen molar-refractivity contribution in [1.29, 1.82) is 0 Å². The fourth-order valence-corrected chi connectivity index (χ4v) is 2.33. The van der Waals surface area contributed by atoms with Crippen LogP contribution in [0.25, 0.3) is 0 Å². The maximum Gasteiger partial charge on any atom is 0.122 e. The SMILES string of the molecule is CCCNC(COc1ccc(C)cc1C)C1CC1. The second-order valence-electron chi connectivity index (χ2n) is 5.48. The first-order valence-electron chi connectivity index (χ1n) is 7.14. The Morgan fingerprint density at radius 2 is 2.11 bits per heavy atom. The third kappa shape index (κ3) is 3.74. The molecule has 0 spiro atoms. The van der Waals surface area contributed by atoms with Crippen LogP contribution in [0, 0.1) is 19.8 Å². The first-order chi connectivity index (χ1) is 8.70. The smallest absolute Gasteiger partial charge is 0.122 e. The molecule has 1 aliphatic rings. The van der Waals surface area contributed by atoms with Crippen molar-refractivity contribution in [2.75, 3.05) is 13.2 Å². The Labute approximate surface area is 111 Å². The van der Waals surface area contributed by atoms with E-state index in [1.54, 1.807) is 0 Å². The van der Waals surface area contributed by atoms with E-state index in [1.807, 2.05) is 0 Å². The van der Waals surface area contributed by atoms with E-state index in [4.69, 9.17) is 4.74 Å². The summed E-state index contributed by atoms with van der Waals surface area (Å²) in [5.74, 6) is 1.87. The Hall–Kier alpha value is -1.02. The van der Waals surface area contributed by atoms with Crippen LogP contribution < -0.4 is 10.1 Å². The summed E-state index contributed by atoms with van der Waals surface area (Å²) in [4.78, 5) is 0. The second kappa shape index (κ2) is 6.24. The van der Waals surface area contributed by atoms with Crippen LogP contribution in [0.1, 0.15) is 37.3 Å². The van der Waals surface area contributed by atoms with Gasteiger partial charge in [0.15, 0.2) is 0 Å². The lowest BCUT2D eigenvalue weighted by molar-refractivity contribution is 0.248. The summed E-state index contributed by atoms with van der Waals surface area (Å²) in [6, 6.07) is 6.93. The number of hydrogen-bond donors (Lipinski definition) is 1. The van der Waals surface area contributed by atoms with Gasteiger partial charge in [-0.05, 0) is 57.2 Å². The second-order valence-corrected chi connectivity index (χ2v) is 5.48. The molecule has 1 aromatic rings. The van der Waals surface area contributed by atoms with Crippen LogP contribution in [-0.2, 0) is 0 Å². The van der Waals surface area contributed by atoms with Crippen molar-refractivity contribution in [1.82, 2.24) is 5.32 Å². The fraction of sp³-hybridized carbons (Fsp3) is 0.625. The lowest BCUT2D eigenvalue weighted by atomic mass is 10.1. The minimum absolute atomic E-state index is 0.533. The summed E-state index contributed by atoms with van der Waals surface area (Å²) in [5.41, 5.74) is 2.53. The maximum atomic E-state index is 5.99. The molecule has 0 bridgehead atoms. The Balaban J connectivity index is 1.88. The molecular formula is C16H25NO. The number of ether oxygens (including phenoxy) is 1. The molecule has 1 aliphatic carbocycles. The van der Waals surface area contributed by atoms with Crippen molar-refractivity contribution in [3.05, 3.63) is 29.3 Å². The Bertz CT molecular complexity index is 385. The first-order valence-corrected chi connectivity index (χ1v) is 7.14. The molecule has 18 heavy (non-hydrogen) atoms. The van der Waals surface area contributed by atoms with Crippen molar-refractivity contribution >= 4 is 0 Å². The number of benzene rings is 1. The van der Waals surface area contributed by atoms with Gasteiger partial charge in [0.1, 0.15) is 12.4 Å². The number of hydrogen-bond acceptors (Lipinski definition) is 2. The van der Waals surface area contributed by atoms with Gasteiger partial charge in [-0.1, -0.05) is 24.6 Å². The van der Waals surface area contributed by atoms with Gasteiger partial charge >= 0.3 is 0 Å². The summed E-state index contributed by atoms with van der Waals surface area (Å²) in [6.45, 7) is 8.34. The van der Waals surface area contributed by atoms with Crippen LogP contribution in [0.5, 0.6) is 5.75 Å². The Morgan fingerprint density at radius 3 is 2.72 bits per heavy atom. The molecule has 0 aromatic heterocycles. The van der Waals surface area contributed by atoms with Crippen LogP contribution in [0.3, 0.4) is 0 Å². The van der Waals surface area contributed by atoms with Gasteiger partial charge < -0.3 is 10.1 Å². The van der Waals surface area contributed by atoms with Crippen molar-refractivity contribution in [3.8, 4) is 5.75 Å². The monoisotopic (exact) mass is 247 g/mol. The predicted molar refractivity (Wildman–Crippen MR) is 76.2 cm³/mol. The number of nitrogens with one attached hydrogen (secondary N) is 1. The van der Waals surface area contributed by atoms with E-state index in [0.717, 1.165) is 24.8 Å². The average molecular weight is 247 g/mol. The highest BCUT2D eigenvalue weighted by Crippen LogP contribution is 2.33. The van der Waals surface area contributed by atoms with E-state index in [1.165, 1.54) is 30.4 Å². The molecule has 1 unspecified atom stereocenters. The molecule has 2 rings (SSSR count). The van der Waals surface area contributed by atoms with Gasteiger partial charge in [-0.25, -0.2) is 0 Å². The molecule has 1 N–H and O–H groups in total. The van der Waals surface area contributed by atoms with E-state index < -0.39 is 0 Å². The molecule has 0 heterocycles. The molecule has 1 aromatic carbocycles. The number of aryl methyl sites for hydroxylation is 2. The zero-order valence-corrected chi connectivity index (χ0v) is 11.8. The van der Waals surface area contributed by atoms with E-state index in [9.17, 15) is 0 Å². The van der Waals surface area contributed by atoms with Gasteiger partial charge in [-0.15, -0.1) is 0 Å². The summed E-state index contributed by atoms with van der Waals surface area (Å²) in [5, 5.41) is 3.61. The van der Waals surface area contributed by atoms with Gasteiger partial charge in [0, 0.05) is 6.04 Å². The molecule has 2 heteroatoms. The van der Waals surface area contributed by atoms with E-state index >= 15 is 0 Å². The topological polar surface area (TPSA) is 21.3 Å². The zero-order valence-electron chi connectivity index (χ0n) is 11.8. The molecule has 0 radical (unpaired) electrons. The zero-order chi connectivity index (χ0) is 13.0. The molecule has 2 nitrogen and oxygen atoms in total. The lowest BCUT2D eigenvalue weighted by Crippen LogP contribution is -2.37. The summed E-state index contributed by atoms with van der Waals surface area (Å²) < 4.78 is 5.99. The molecule has 0 aliphatic heterocycles.